The number of carbonyl (C=O) groups excluding carboxylic acids is 1. The summed E-state index contributed by atoms with van der Waals surface area (Å²) in [6.07, 6.45) is 6.02. The van der Waals surface area contributed by atoms with Gasteiger partial charge in [-0.2, -0.15) is 0 Å². The van der Waals surface area contributed by atoms with E-state index in [0.29, 0.717) is 12.1 Å². The van der Waals surface area contributed by atoms with Crippen LogP contribution in [0, 0.1) is 10.1 Å². The van der Waals surface area contributed by atoms with Gasteiger partial charge in [0.25, 0.3) is 5.69 Å². The fourth-order valence-electron chi connectivity index (χ4n) is 2.42. The summed E-state index contributed by atoms with van der Waals surface area (Å²) in [5.74, 6) is -0.465. The number of hydrogen-bond acceptors (Lipinski definition) is 5. The van der Waals surface area contributed by atoms with Crippen molar-refractivity contribution in [3.63, 3.8) is 0 Å². The van der Waals surface area contributed by atoms with Crippen LogP contribution in [0.3, 0.4) is 0 Å². The van der Waals surface area contributed by atoms with Gasteiger partial charge in [0, 0.05) is 24.2 Å². The fraction of sp³-hybridized carbons (Fsp3) is 0.611. The third kappa shape index (κ3) is 7.55. The lowest BCUT2D eigenvalue weighted by atomic mass is 9.96. The second-order valence-corrected chi connectivity index (χ2v) is 6.56. The summed E-state index contributed by atoms with van der Waals surface area (Å²) in [5.41, 5.74) is 0.297. The molecule has 24 heavy (non-hydrogen) atoms. The van der Waals surface area contributed by atoms with Gasteiger partial charge in [-0.05, 0) is 32.4 Å². The molecule has 6 nitrogen and oxygen atoms in total. The van der Waals surface area contributed by atoms with Crippen molar-refractivity contribution >= 4 is 11.7 Å². The van der Waals surface area contributed by atoms with Crippen LogP contribution in [-0.2, 0) is 4.74 Å². The third-order valence-electron chi connectivity index (χ3n) is 3.91. The molecular weight excluding hydrogens is 308 g/mol. The number of rotatable bonds is 11. The van der Waals surface area contributed by atoms with Gasteiger partial charge in [-0.15, -0.1) is 0 Å². The van der Waals surface area contributed by atoms with Crippen LogP contribution in [-0.4, -0.2) is 29.6 Å². The van der Waals surface area contributed by atoms with E-state index in [0.717, 1.165) is 6.42 Å². The Morgan fingerprint density at radius 3 is 2.46 bits per heavy atom. The summed E-state index contributed by atoms with van der Waals surface area (Å²) in [6, 6.07) is 5.42. The van der Waals surface area contributed by atoms with E-state index in [-0.39, 0.29) is 17.8 Å². The van der Waals surface area contributed by atoms with Crippen LogP contribution in [0.25, 0.3) is 0 Å². The smallest absolute Gasteiger partial charge is 0.338 e. The monoisotopic (exact) mass is 336 g/mol. The molecule has 0 aromatic heterocycles. The van der Waals surface area contributed by atoms with E-state index in [1.165, 1.54) is 49.9 Å². The van der Waals surface area contributed by atoms with Gasteiger partial charge in [-0.3, -0.25) is 10.1 Å². The number of carbonyl (C=O) groups is 1. The van der Waals surface area contributed by atoms with Crippen LogP contribution in [0.1, 0.15) is 63.2 Å². The number of esters is 1. The van der Waals surface area contributed by atoms with E-state index in [4.69, 9.17) is 4.74 Å². The molecule has 0 saturated carbocycles. The van der Waals surface area contributed by atoms with Crippen molar-refractivity contribution in [3.05, 3.63) is 39.9 Å². The van der Waals surface area contributed by atoms with Gasteiger partial charge in [-0.25, -0.2) is 4.79 Å². The Hall–Kier alpha value is -1.95. The van der Waals surface area contributed by atoms with E-state index < -0.39 is 10.9 Å². The number of unbranched alkanes of at least 4 members (excludes halogenated alkanes) is 3. The number of non-ortho nitro benzene ring substituents is 1. The molecule has 0 radical (unpaired) electrons. The molecule has 0 aliphatic heterocycles. The minimum absolute atomic E-state index is 0.0213. The van der Waals surface area contributed by atoms with Crippen molar-refractivity contribution in [2.75, 3.05) is 13.2 Å². The number of nitro groups is 1. The molecule has 0 saturated heterocycles. The average molecular weight is 336 g/mol. The molecule has 0 spiro atoms. The van der Waals surface area contributed by atoms with Crippen molar-refractivity contribution in [1.29, 1.82) is 0 Å². The van der Waals surface area contributed by atoms with Crippen molar-refractivity contribution in [1.82, 2.24) is 5.32 Å². The molecule has 0 bridgehead atoms. The van der Waals surface area contributed by atoms with Crippen LogP contribution in [0.15, 0.2) is 24.3 Å². The Balaban J connectivity index is 2.28. The Morgan fingerprint density at radius 2 is 1.88 bits per heavy atom. The van der Waals surface area contributed by atoms with Crippen molar-refractivity contribution in [2.45, 2.75) is 58.4 Å². The average Bonchev–Trinajstić information content (AvgIpc) is 2.55. The lowest BCUT2D eigenvalue weighted by molar-refractivity contribution is -0.384. The predicted octanol–water partition coefficient (Wildman–Crippen LogP) is 4.09. The topological polar surface area (TPSA) is 81.5 Å². The number of nitro benzene ring substituents is 1. The van der Waals surface area contributed by atoms with Gasteiger partial charge in [0.15, 0.2) is 0 Å². The highest BCUT2D eigenvalue weighted by molar-refractivity contribution is 5.89. The predicted molar refractivity (Wildman–Crippen MR) is 94.2 cm³/mol. The molecule has 0 amide bonds. The van der Waals surface area contributed by atoms with Crippen molar-refractivity contribution in [3.8, 4) is 0 Å². The zero-order valence-corrected chi connectivity index (χ0v) is 14.8. The van der Waals surface area contributed by atoms with E-state index in [1.807, 2.05) is 0 Å². The molecule has 1 N–H and O–H groups in total. The zero-order valence-electron chi connectivity index (χ0n) is 14.8. The number of ether oxygens (including phenoxy) is 1. The molecular formula is C18H28N2O4. The van der Waals surface area contributed by atoms with Crippen LogP contribution >= 0.6 is 0 Å². The van der Waals surface area contributed by atoms with Crippen molar-refractivity contribution < 1.29 is 14.5 Å². The number of hydrogen-bond donors (Lipinski definition) is 1. The number of nitrogens with zero attached hydrogens (tertiary/aromatic N) is 1. The highest BCUT2D eigenvalue weighted by Gasteiger charge is 2.16. The maximum absolute atomic E-state index is 11.9. The molecule has 0 heterocycles. The van der Waals surface area contributed by atoms with E-state index in [2.05, 4.69) is 26.1 Å². The first-order chi connectivity index (χ1) is 11.4. The molecule has 6 heteroatoms. The molecule has 1 rings (SSSR count). The minimum atomic E-state index is -0.498. The Morgan fingerprint density at radius 1 is 1.21 bits per heavy atom. The first-order valence-electron chi connectivity index (χ1n) is 8.52. The molecule has 0 atom stereocenters. The lowest BCUT2D eigenvalue weighted by Gasteiger charge is -2.26. The summed E-state index contributed by atoms with van der Waals surface area (Å²) in [5, 5.41) is 14.0. The second kappa shape index (κ2) is 10.0. The summed E-state index contributed by atoms with van der Waals surface area (Å²) < 4.78 is 5.20. The maximum Gasteiger partial charge on any atom is 0.338 e. The van der Waals surface area contributed by atoms with Gasteiger partial charge in [0.2, 0.25) is 0 Å². The molecule has 1 aromatic rings. The van der Waals surface area contributed by atoms with Crippen LogP contribution in [0.2, 0.25) is 0 Å². The standard InChI is InChI=1S/C18H28N2O4/c1-4-5-6-7-12-18(2,3)19-13-14-24-17(21)15-8-10-16(11-9-15)20(22)23/h8-11,19H,4-7,12-14H2,1-3H3. The molecule has 134 valence electrons. The van der Waals surface area contributed by atoms with Gasteiger partial charge in [0.05, 0.1) is 10.5 Å². The van der Waals surface area contributed by atoms with Crippen molar-refractivity contribution in [2.24, 2.45) is 0 Å². The summed E-state index contributed by atoms with van der Waals surface area (Å²) >= 11 is 0. The zero-order chi connectivity index (χ0) is 18.0. The van der Waals surface area contributed by atoms with E-state index >= 15 is 0 Å². The molecule has 0 fully saturated rings. The van der Waals surface area contributed by atoms with E-state index in [1.54, 1.807) is 0 Å². The van der Waals surface area contributed by atoms with Crippen LogP contribution in [0.4, 0.5) is 5.69 Å². The lowest BCUT2D eigenvalue weighted by Crippen LogP contribution is -2.41. The third-order valence-corrected chi connectivity index (χ3v) is 3.91. The maximum atomic E-state index is 11.9. The van der Waals surface area contributed by atoms with Gasteiger partial charge < -0.3 is 10.1 Å². The van der Waals surface area contributed by atoms with Gasteiger partial charge in [-0.1, -0.05) is 32.6 Å². The SMILES string of the molecule is CCCCCCC(C)(C)NCCOC(=O)c1ccc([N+](=O)[O-])cc1. The number of benzene rings is 1. The Bertz CT molecular complexity index is 526. The molecule has 0 aliphatic rings. The minimum Gasteiger partial charge on any atom is -0.461 e. The van der Waals surface area contributed by atoms with Crippen LogP contribution < -0.4 is 5.32 Å². The first kappa shape index (κ1) is 20.1. The quantitative estimate of drug-likeness (QED) is 0.285. The highest BCUT2D eigenvalue weighted by Crippen LogP contribution is 2.15. The summed E-state index contributed by atoms with van der Waals surface area (Å²) in [7, 11) is 0. The second-order valence-electron chi connectivity index (χ2n) is 6.56. The highest BCUT2D eigenvalue weighted by atomic mass is 16.6. The van der Waals surface area contributed by atoms with Gasteiger partial charge in [0.1, 0.15) is 6.61 Å². The first-order valence-corrected chi connectivity index (χ1v) is 8.52. The van der Waals surface area contributed by atoms with Crippen LogP contribution in [0.5, 0.6) is 0 Å². The molecule has 1 aromatic carbocycles. The normalized spacial score (nSPS) is 11.3. The molecule has 0 aliphatic carbocycles. The Labute approximate surface area is 143 Å². The number of nitrogens with one attached hydrogen (secondary N) is 1. The van der Waals surface area contributed by atoms with E-state index in [9.17, 15) is 14.9 Å². The fourth-order valence-corrected chi connectivity index (χ4v) is 2.42. The largest absolute Gasteiger partial charge is 0.461 e. The summed E-state index contributed by atoms with van der Waals surface area (Å²) in [4.78, 5) is 22.0. The van der Waals surface area contributed by atoms with Gasteiger partial charge >= 0.3 is 5.97 Å². The molecule has 0 unspecified atom stereocenters. The summed E-state index contributed by atoms with van der Waals surface area (Å²) in [6.45, 7) is 7.35. The Kier molecular flexibility index (Phi) is 8.40.